The molecule has 1 aromatic carbocycles. The Balaban J connectivity index is 1.47. The van der Waals surface area contributed by atoms with Crippen molar-refractivity contribution in [1.82, 2.24) is 15.2 Å². The van der Waals surface area contributed by atoms with Crippen LogP contribution in [0.5, 0.6) is 0 Å². The minimum atomic E-state index is -2.53. The molecular formula is C25H44N7O4Si+. The SMILES string of the molecule is CO[Si](CCCNCC(=O)NCCCCCCNc1ccc(/N=N/c2n(C)cc[n+]2C)cc1)(OC)OC. The zero-order chi connectivity index (χ0) is 26.9. The van der Waals surface area contributed by atoms with Crippen molar-refractivity contribution in [1.29, 1.82) is 0 Å². The van der Waals surface area contributed by atoms with Crippen LogP contribution in [0.4, 0.5) is 17.3 Å². The van der Waals surface area contributed by atoms with Gasteiger partial charge in [0.1, 0.15) is 5.69 Å². The van der Waals surface area contributed by atoms with E-state index in [9.17, 15) is 4.79 Å². The molecular weight excluding hydrogens is 490 g/mol. The van der Waals surface area contributed by atoms with Crippen LogP contribution in [0.3, 0.4) is 0 Å². The number of unbranched alkanes of at least 4 members (excludes halogenated alkanes) is 3. The third-order valence-corrected chi connectivity index (χ3v) is 8.91. The summed E-state index contributed by atoms with van der Waals surface area (Å²) >= 11 is 0. The number of carbonyl (C=O) groups excluding carboxylic acids is 1. The lowest BCUT2D eigenvalue weighted by Crippen LogP contribution is -2.43. The maximum Gasteiger partial charge on any atom is 0.500 e. The van der Waals surface area contributed by atoms with Crippen LogP contribution in [0, 0.1) is 0 Å². The highest BCUT2D eigenvalue weighted by atomic mass is 28.4. The van der Waals surface area contributed by atoms with Crippen molar-refractivity contribution in [2.45, 2.75) is 38.1 Å². The Hall–Kier alpha value is -2.64. The molecule has 0 saturated carbocycles. The van der Waals surface area contributed by atoms with Crippen LogP contribution in [0.1, 0.15) is 32.1 Å². The van der Waals surface area contributed by atoms with E-state index in [1.165, 1.54) is 0 Å². The van der Waals surface area contributed by atoms with Crippen molar-refractivity contribution in [3.63, 3.8) is 0 Å². The molecule has 2 rings (SSSR count). The molecule has 37 heavy (non-hydrogen) atoms. The number of azo groups is 1. The number of nitrogens with zero attached hydrogens (tertiary/aromatic N) is 4. The number of hydrogen-bond donors (Lipinski definition) is 3. The fraction of sp³-hybridized carbons (Fsp3) is 0.600. The molecule has 3 N–H and O–H groups in total. The molecule has 12 heteroatoms. The van der Waals surface area contributed by atoms with E-state index in [0.29, 0.717) is 25.7 Å². The van der Waals surface area contributed by atoms with E-state index in [4.69, 9.17) is 13.3 Å². The van der Waals surface area contributed by atoms with Crippen LogP contribution in [0.25, 0.3) is 0 Å². The molecule has 0 unspecified atom stereocenters. The minimum absolute atomic E-state index is 0.0240. The van der Waals surface area contributed by atoms with E-state index in [2.05, 4.69) is 26.2 Å². The largest absolute Gasteiger partial charge is 0.500 e. The highest BCUT2D eigenvalue weighted by molar-refractivity contribution is 6.60. The molecule has 0 spiro atoms. The number of imidazole rings is 1. The topological polar surface area (TPSA) is 114 Å². The number of carbonyl (C=O) groups is 1. The smallest absolute Gasteiger partial charge is 0.385 e. The number of nitrogens with one attached hydrogen (secondary N) is 3. The zero-order valence-electron chi connectivity index (χ0n) is 23.0. The first-order chi connectivity index (χ1) is 17.9. The first-order valence-electron chi connectivity index (χ1n) is 12.8. The molecule has 0 atom stereocenters. The molecule has 0 fully saturated rings. The number of aryl methyl sites for hydroxylation is 2. The second kappa shape index (κ2) is 17.0. The predicted octanol–water partition coefficient (Wildman–Crippen LogP) is 3.21. The molecule has 206 valence electrons. The summed E-state index contributed by atoms with van der Waals surface area (Å²) < 4.78 is 20.0. The first-order valence-corrected chi connectivity index (χ1v) is 14.8. The number of benzene rings is 1. The fourth-order valence-corrected chi connectivity index (χ4v) is 5.51. The Morgan fingerprint density at radius 3 is 2.24 bits per heavy atom. The number of hydrogen-bond acceptors (Lipinski definition) is 8. The first kappa shape index (κ1) is 30.6. The molecule has 1 heterocycles. The Labute approximate surface area is 222 Å². The number of anilines is 1. The monoisotopic (exact) mass is 534 g/mol. The van der Waals surface area contributed by atoms with E-state index in [1.54, 1.807) is 21.3 Å². The lowest BCUT2D eigenvalue weighted by molar-refractivity contribution is -0.657. The van der Waals surface area contributed by atoms with E-state index in [0.717, 1.165) is 56.0 Å². The van der Waals surface area contributed by atoms with E-state index in [-0.39, 0.29) is 5.91 Å². The number of aromatic nitrogens is 2. The van der Waals surface area contributed by atoms with Gasteiger partial charge in [0.2, 0.25) is 5.91 Å². The highest BCUT2D eigenvalue weighted by Crippen LogP contribution is 2.19. The van der Waals surface area contributed by atoms with Crippen molar-refractivity contribution in [2.75, 3.05) is 52.8 Å². The normalized spacial score (nSPS) is 11.8. The van der Waals surface area contributed by atoms with E-state index in [1.807, 2.05) is 59.9 Å². The average molecular weight is 535 g/mol. The van der Waals surface area contributed by atoms with Crippen LogP contribution in [0.2, 0.25) is 6.04 Å². The van der Waals surface area contributed by atoms with Crippen molar-refractivity contribution in [2.24, 2.45) is 24.3 Å². The fourth-order valence-electron chi connectivity index (χ4n) is 3.79. The van der Waals surface area contributed by atoms with Crippen LogP contribution >= 0.6 is 0 Å². The molecule has 0 aliphatic heterocycles. The van der Waals surface area contributed by atoms with E-state index >= 15 is 0 Å². The van der Waals surface area contributed by atoms with Gasteiger partial charge in [-0.1, -0.05) is 18.0 Å². The van der Waals surface area contributed by atoms with Crippen molar-refractivity contribution in [3.8, 4) is 0 Å². The summed E-state index contributed by atoms with van der Waals surface area (Å²) in [6.45, 7) is 2.65. The van der Waals surface area contributed by atoms with Gasteiger partial charge < -0.3 is 29.2 Å². The molecule has 0 radical (unpaired) electrons. The molecule has 0 aliphatic rings. The molecule has 1 aromatic heterocycles. The van der Waals surface area contributed by atoms with Gasteiger partial charge in [-0.05, 0) is 50.1 Å². The average Bonchev–Trinajstić information content (AvgIpc) is 3.24. The number of amides is 1. The highest BCUT2D eigenvalue weighted by Gasteiger charge is 2.36. The zero-order valence-corrected chi connectivity index (χ0v) is 24.0. The van der Waals surface area contributed by atoms with Gasteiger partial charge in [-0.25, -0.2) is 9.13 Å². The molecule has 0 aliphatic carbocycles. The quantitative estimate of drug-likeness (QED) is 0.110. The molecule has 1 amide bonds. The van der Waals surface area contributed by atoms with Crippen LogP contribution in [-0.4, -0.2) is 66.8 Å². The van der Waals surface area contributed by atoms with Crippen LogP contribution in [-0.2, 0) is 32.2 Å². The Bertz CT molecular complexity index is 921. The summed E-state index contributed by atoms with van der Waals surface area (Å²) in [5.41, 5.74) is 1.89. The summed E-state index contributed by atoms with van der Waals surface area (Å²) in [4.78, 5) is 12.0. The summed E-state index contributed by atoms with van der Waals surface area (Å²) in [7, 11) is 6.19. The van der Waals surface area contributed by atoms with Crippen molar-refractivity contribution < 1.29 is 22.6 Å². The van der Waals surface area contributed by atoms with Crippen LogP contribution in [0.15, 0.2) is 46.9 Å². The Kier molecular flexibility index (Phi) is 14.0. The molecule has 11 nitrogen and oxygen atoms in total. The summed E-state index contributed by atoms with van der Waals surface area (Å²) in [6.07, 6.45) is 8.98. The second-order valence-corrected chi connectivity index (χ2v) is 11.9. The van der Waals surface area contributed by atoms with Crippen molar-refractivity contribution in [3.05, 3.63) is 36.7 Å². The summed E-state index contributed by atoms with van der Waals surface area (Å²) in [6, 6.07) is 8.67. The second-order valence-electron chi connectivity index (χ2n) is 8.83. The van der Waals surface area contributed by atoms with Crippen LogP contribution < -0.4 is 20.5 Å². The minimum Gasteiger partial charge on any atom is -0.385 e. The van der Waals surface area contributed by atoms with Gasteiger partial charge in [0.15, 0.2) is 0 Å². The van der Waals surface area contributed by atoms with Gasteiger partial charge >= 0.3 is 14.8 Å². The lowest BCUT2D eigenvalue weighted by atomic mass is 10.2. The maximum absolute atomic E-state index is 12.0. The third-order valence-electron chi connectivity index (χ3n) is 6.08. The third kappa shape index (κ3) is 11.1. The molecule has 0 bridgehead atoms. The lowest BCUT2D eigenvalue weighted by Gasteiger charge is -2.24. The Morgan fingerprint density at radius 2 is 1.62 bits per heavy atom. The summed E-state index contributed by atoms with van der Waals surface area (Å²) in [5, 5.41) is 18.2. The molecule has 2 aromatic rings. The predicted molar refractivity (Wildman–Crippen MR) is 146 cm³/mol. The summed E-state index contributed by atoms with van der Waals surface area (Å²) in [5.74, 6) is 0.811. The van der Waals surface area contributed by atoms with Gasteiger partial charge in [-0.2, -0.15) is 0 Å². The van der Waals surface area contributed by atoms with Gasteiger partial charge in [0, 0.05) is 51.3 Å². The maximum atomic E-state index is 12.0. The van der Waals surface area contributed by atoms with E-state index < -0.39 is 8.80 Å². The number of rotatable bonds is 19. The molecule has 0 saturated heterocycles. The van der Waals surface area contributed by atoms with Gasteiger partial charge in [-0.15, -0.1) is 0 Å². The standard InChI is InChI=1S/C25H43N7O4Si/c1-31-18-19-32(2)25(31)30-29-23-13-11-22(12-14-23)27-16-8-6-7-9-17-28-24(33)21-26-15-10-20-37(34-3,35-4)36-5/h11-14,18-19,26H,6-10,15-17,20-21H2,1-5H3,(H,28,33)/p+1. The van der Waals surface area contributed by atoms with Crippen molar-refractivity contribution >= 4 is 32.0 Å². The Morgan fingerprint density at radius 1 is 0.946 bits per heavy atom. The van der Waals surface area contributed by atoms with Gasteiger partial charge in [0.25, 0.3) is 0 Å². The van der Waals surface area contributed by atoms with Gasteiger partial charge in [-0.3, -0.25) is 4.79 Å². The van der Waals surface area contributed by atoms with Gasteiger partial charge in [0.05, 0.1) is 33.0 Å².